The highest BCUT2D eigenvalue weighted by Crippen LogP contribution is 2.31. The summed E-state index contributed by atoms with van der Waals surface area (Å²) >= 11 is 0. The van der Waals surface area contributed by atoms with Crippen LogP contribution in [0.2, 0.25) is 0 Å². The van der Waals surface area contributed by atoms with Crippen molar-refractivity contribution in [3.8, 4) is 0 Å². The number of aliphatic hydroxyl groups excluding tert-OH is 1. The van der Waals surface area contributed by atoms with Gasteiger partial charge in [0.2, 0.25) is 0 Å². The fourth-order valence-electron chi connectivity index (χ4n) is 2.59. The molecule has 1 aromatic rings. The summed E-state index contributed by atoms with van der Waals surface area (Å²) in [6.45, 7) is 3.18. The Kier molecular flexibility index (Phi) is 6.02. The Hall–Kier alpha value is -1.59. The minimum absolute atomic E-state index is 0.0269. The molecule has 0 amide bonds. The van der Waals surface area contributed by atoms with E-state index in [1.165, 1.54) is 5.56 Å². The van der Waals surface area contributed by atoms with E-state index < -0.39 is 0 Å². The lowest BCUT2D eigenvalue weighted by molar-refractivity contribution is 0.127. The molecule has 5 heteroatoms. The molecular weight excluding hydrogens is 266 g/mol. The van der Waals surface area contributed by atoms with E-state index in [1.807, 2.05) is 18.2 Å². The average molecular weight is 291 g/mol. The molecule has 1 atom stereocenters. The Morgan fingerprint density at radius 2 is 2.14 bits per heavy atom. The molecule has 5 nitrogen and oxygen atoms in total. The van der Waals surface area contributed by atoms with Gasteiger partial charge in [0.25, 0.3) is 0 Å². The van der Waals surface area contributed by atoms with Crippen molar-refractivity contribution in [2.45, 2.75) is 19.4 Å². The predicted octanol–water partition coefficient (Wildman–Crippen LogP) is 1.14. The Morgan fingerprint density at radius 3 is 2.76 bits per heavy atom. The molecule has 0 bridgehead atoms. The van der Waals surface area contributed by atoms with Gasteiger partial charge in [-0.25, -0.2) is 0 Å². The van der Waals surface area contributed by atoms with Crippen molar-refractivity contribution >= 4 is 5.96 Å². The van der Waals surface area contributed by atoms with E-state index in [2.05, 4.69) is 27.8 Å². The van der Waals surface area contributed by atoms with Crippen LogP contribution >= 0.6 is 0 Å². The van der Waals surface area contributed by atoms with E-state index in [9.17, 15) is 5.11 Å². The number of rotatable bonds is 6. The van der Waals surface area contributed by atoms with Gasteiger partial charge in [0.15, 0.2) is 5.96 Å². The summed E-state index contributed by atoms with van der Waals surface area (Å²) in [5.74, 6) is 0.781. The van der Waals surface area contributed by atoms with Gasteiger partial charge in [-0.15, -0.1) is 0 Å². The fraction of sp³-hybridized carbons (Fsp3) is 0.562. The molecule has 1 fully saturated rings. The molecule has 3 N–H and O–H groups in total. The summed E-state index contributed by atoms with van der Waals surface area (Å²) in [4.78, 5) is 4.25. The van der Waals surface area contributed by atoms with Crippen LogP contribution in [0, 0.1) is 5.41 Å². The average Bonchev–Trinajstić information content (AvgIpc) is 2.98. The number of hydrogen-bond acceptors (Lipinski definition) is 3. The van der Waals surface area contributed by atoms with Crippen LogP contribution in [0.1, 0.15) is 18.4 Å². The van der Waals surface area contributed by atoms with Crippen LogP contribution in [-0.2, 0) is 11.3 Å². The van der Waals surface area contributed by atoms with Crippen molar-refractivity contribution in [3.05, 3.63) is 35.9 Å². The van der Waals surface area contributed by atoms with Gasteiger partial charge in [-0.2, -0.15) is 0 Å². The first-order chi connectivity index (χ1) is 10.3. The van der Waals surface area contributed by atoms with E-state index in [1.54, 1.807) is 7.05 Å². The molecule has 1 saturated heterocycles. The Labute approximate surface area is 126 Å². The van der Waals surface area contributed by atoms with E-state index in [-0.39, 0.29) is 12.0 Å². The van der Waals surface area contributed by atoms with Crippen LogP contribution in [0.5, 0.6) is 0 Å². The van der Waals surface area contributed by atoms with Gasteiger partial charge < -0.3 is 20.5 Å². The molecule has 0 radical (unpaired) electrons. The smallest absolute Gasteiger partial charge is 0.191 e. The Balaban J connectivity index is 1.82. The molecule has 116 valence electrons. The molecule has 1 aliphatic rings. The minimum Gasteiger partial charge on any atom is -0.396 e. The molecule has 0 aromatic heterocycles. The number of nitrogens with zero attached hydrogens (tertiary/aromatic N) is 1. The van der Waals surface area contributed by atoms with E-state index >= 15 is 0 Å². The van der Waals surface area contributed by atoms with Gasteiger partial charge in [0.1, 0.15) is 0 Å². The summed E-state index contributed by atoms with van der Waals surface area (Å²) in [5, 5.41) is 15.9. The topological polar surface area (TPSA) is 65.9 Å². The largest absolute Gasteiger partial charge is 0.396 e. The zero-order valence-electron chi connectivity index (χ0n) is 12.6. The van der Waals surface area contributed by atoms with Crippen molar-refractivity contribution in [2.75, 3.05) is 33.4 Å². The highest BCUT2D eigenvalue weighted by atomic mass is 16.5. The van der Waals surface area contributed by atoms with Crippen molar-refractivity contribution in [1.29, 1.82) is 0 Å². The maximum absolute atomic E-state index is 9.24. The van der Waals surface area contributed by atoms with Crippen LogP contribution in [-0.4, -0.2) is 44.5 Å². The summed E-state index contributed by atoms with van der Waals surface area (Å²) in [6, 6.07) is 10.2. The SMILES string of the molecule is CN=C(NCc1ccccc1)NCC1(CCO)CCOC1. The van der Waals surface area contributed by atoms with Crippen molar-refractivity contribution in [2.24, 2.45) is 10.4 Å². The normalized spacial score (nSPS) is 22.3. The minimum atomic E-state index is 0.0269. The van der Waals surface area contributed by atoms with E-state index in [4.69, 9.17) is 4.74 Å². The van der Waals surface area contributed by atoms with Crippen molar-refractivity contribution in [1.82, 2.24) is 10.6 Å². The van der Waals surface area contributed by atoms with Gasteiger partial charge in [0, 0.05) is 38.8 Å². The summed E-state index contributed by atoms with van der Waals surface area (Å²) in [7, 11) is 1.77. The fourth-order valence-corrected chi connectivity index (χ4v) is 2.59. The molecule has 21 heavy (non-hydrogen) atoms. The molecular formula is C16H25N3O2. The zero-order valence-corrected chi connectivity index (χ0v) is 12.6. The standard InChI is InChI=1S/C16H25N3O2/c1-17-15(18-11-14-5-3-2-4-6-14)19-12-16(7-9-20)8-10-21-13-16/h2-6,20H,7-13H2,1H3,(H2,17,18,19). The lowest BCUT2D eigenvalue weighted by Gasteiger charge is -2.27. The maximum atomic E-state index is 9.24. The number of hydrogen-bond donors (Lipinski definition) is 3. The molecule has 1 unspecified atom stereocenters. The van der Waals surface area contributed by atoms with Gasteiger partial charge in [-0.3, -0.25) is 4.99 Å². The van der Waals surface area contributed by atoms with Gasteiger partial charge in [-0.1, -0.05) is 30.3 Å². The number of nitrogens with one attached hydrogen (secondary N) is 2. The summed E-state index contributed by atoms with van der Waals surface area (Å²) < 4.78 is 5.50. The number of guanidine groups is 1. The molecule has 0 spiro atoms. The quantitative estimate of drug-likeness (QED) is 0.543. The first kappa shape index (κ1) is 15.8. The monoisotopic (exact) mass is 291 g/mol. The lowest BCUT2D eigenvalue weighted by Crippen LogP contribution is -2.44. The molecule has 1 heterocycles. The third kappa shape index (κ3) is 4.72. The number of benzene rings is 1. The zero-order chi connectivity index (χ0) is 15.0. The first-order valence-electron chi connectivity index (χ1n) is 7.45. The van der Waals surface area contributed by atoms with Crippen molar-refractivity contribution < 1.29 is 9.84 Å². The second-order valence-electron chi connectivity index (χ2n) is 5.54. The van der Waals surface area contributed by atoms with Crippen LogP contribution in [0.4, 0.5) is 0 Å². The molecule has 1 aliphatic heterocycles. The van der Waals surface area contributed by atoms with Crippen LogP contribution in [0.15, 0.2) is 35.3 Å². The number of ether oxygens (including phenoxy) is 1. The maximum Gasteiger partial charge on any atom is 0.191 e. The van der Waals surface area contributed by atoms with Gasteiger partial charge in [-0.05, 0) is 18.4 Å². The molecule has 0 aliphatic carbocycles. The highest BCUT2D eigenvalue weighted by Gasteiger charge is 2.34. The van der Waals surface area contributed by atoms with E-state index in [0.29, 0.717) is 6.61 Å². The third-order valence-corrected chi connectivity index (χ3v) is 3.98. The van der Waals surface area contributed by atoms with Crippen LogP contribution < -0.4 is 10.6 Å². The molecule has 2 rings (SSSR count). The number of aliphatic hydroxyl groups is 1. The second kappa shape index (κ2) is 8.00. The summed E-state index contributed by atoms with van der Waals surface area (Å²) in [5.41, 5.74) is 1.24. The number of aliphatic imine (C=N–C) groups is 1. The molecule has 0 saturated carbocycles. The molecule has 1 aromatic carbocycles. The van der Waals surface area contributed by atoms with Gasteiger partial charge >= 0.3 is 0 Å². The first-order valence-corrected chi connectivity index (χ1v) is 7.45. The Morgan fingerprint density at radius 1 is 1.33 bits per heavy atom. The van der Waals surface area contributed by atoms with Gasteiger partial charge in [0.05, 0.1) is 6.61 Å². The highest BCUT2D eigenvalue weighted by molar-refractivity contribution is 5.79. The Bertz CT molecular complexity index is 442. The van der Waals surface area contributed by atoms with Crippen LogP contribution in [0.25, 0.3) is 0 Å². The van der Waals surface area contributed by atoms with E-state index in [0.717, 1.165) is 38.5 Å². The summed E-state index contributed by atoms with van der Waals surface area (Å²) in [6.07, 6.45) is 1.74. The van der Waals surface area contributed by atoms with Crippen LogP contribution in [0.3, 0.4) is 0 Å². The third-order valence-electron chi connectivity index (χ3n) is 3.98. The van der Waals surface area contributed by atoms with Crippen molar-refractivity contribution in [3.63, 3.8) is 0 Å². The predicted molar refractivity (Wildman–Crippen MR) is 84.2 cm³/mol. The second-order valence-corrected chi connectivity index (χ2v) is 5.54. The lowest BCUT2D eigenvalue weighted by atomic mass is 9.84.